The third-order valence-electron chi connectivity index (χ3n) is 3.30. The Bertz CT molecular complexity index is 468. The van der Waals surface area contributed by atoms with E-state index < -0.39 is 5.82 Å². The molecule has 98 valence electrons. The zero-order valence-corrected chi connectivity index (χ0v) is 12.7. The number of hydrogen-bond donors (Lipinski definition) is 0. The Hall–Kier alpha value is -0.550. The summed E-state index contributed by atoms with van der Waals surface area (Å²) in [7, 11) is 0. The van der Waals surface area contributed by atoms with E-state index in [1.165, 1.54) is 6.07 Å². The third kappa shape index (κ3) is 2.72. The molecular weight excluding hydrogens is 317 g/mol. The molecule has 0 N–H and O–H groups in total. The number of carbonyl (C=O) groups is 1. The van der Waals surface area contributed by atoms with Crippen molar-refractivity contribution in [3.63, 3.8) is 0 Å². The van der Waals surface area contributed by atoms with E-state index in [0.29, 0.717) is 11.8 Å². The number of halogens is 2. The van der Waals surface area contributed by atoms with Gasteiger partial charge < -0.3 is 4.90 Å². The van der Waals surface area contributed by atoms with Gasteiger partial charge >= 0.3 is 0 Å². The lowest BCUT2D eigenvalue weighted by Crippen LogP contribution is -2.48. The highest BCUT2D eigenvalue weighted by Gasteiger charge is 2.30. The molecule has 1 fully saturated rings. The lowest BCUT2D eigenvalue weighted by Gasteiger charge is -2.37. The molecule has 0 bridgehead atoms. The summed E-state index contributed by atoms with van der Waals surface area (Å²) in [5.74, 6) is 0.238. The van der Waals surface area contributed by atoms with Crippen LogP contribution in [0.5, 0.6) is 0 Å². The molecular formula is C13H15BrFNOS. The number of thioether (sulfide) groups is 1. The molecule has 1 aromatic carbocycles. The minimum Gasteiger partial charge on any atom is -0.334 e. The van der Waals surface area contributed by atoms with Crippen LogP contribution in [0.3, 0.4) is 0 Å². The van der Waals surface area contributed by atoms with Crippen LogP contribution >= 0.6 is 27.7 Å². The fourth-order valence-electron chi connectivity index (χ4n) is 2.04. The molecule has 0 saturated carbocycles. The molecule has 1 aliphatic heterocycles. The first-order valence-corrected chi connectivity index (χ1v) is 7.72. The van der Waals surface area contributed by atoms with E-state index in [0.717, 1.165) is 10.2 Å². The average molecular weight is 332 g/mol. The highest BCUT2D eigenvalue weighted by molar-refractivity contribution is 9.10. The minimum atomic E-state index is -0.457. The van der Waals surface area contributed by atoms with E-state index in [9.17, 15) is 9.18 Å². The zero-order valence-electron chi connectivity index (χ0n) is 10.3. The summed E-state index contributed by atoms with van der Waals surface area (Å²) in [4.78, 5) is 14.2. The van der Waals surface area contributed by atoms with Crippen LogP contribution in [0.2, 0.25) is 0 Å². The molecule has 0 radical (unpaired) electrons. The number of nitrogens with zero attached hydrogens (tertiary/aromatic N) is 1. The normalized spacial score (nSPS) is 24.1. The first-order valence-electron chi connectivity index (χ1n) is 5.88. The van der Waals surface area contributed by atoms with E-state index in [1.807, 2.05) is 18.7 Å². The Morgan fingerprint density at radius 1 is 1.50 bits per heavy atom. The Balaban J connectivity index is 2.27. The van der Waals surface area contributed by atoms with Crippen molar-refractivity contribution < 1.29 is 9.18 Å². The van der Waals surface area contributed by atoms with Gasteiger partial charge in [-0.15, -0.1) is 0 Å². The fraction of sp³-hybridized carbons (Fsp3) is 0.462. The summed E-state index contributed by atoms with van der Waals surface area (Å²) in [6.07, 6.45) is 0. The number of hydrogen-bond acceptors (Lipinski definition) is 2. The van der Waals surface area contributed by atoms with Crippen LogP contribution in [0, 0.1) is 5.82 Å². The highest BCUT2D eigenvalue weighted by atomic mass is 79.9. The molecule has 18 heavy (non-hydrogen) atoms. The van der Waals surface area contributed by atoms with Gasteiger partial charge in [0.1, 0.15) is 5.82 Å². The Labute approximate surface area is 119 Å². The molecule has 5 heteroatoms. The van der Waals surface area contributed by atoms with Crippen molar-refractivity contribution >= 4 is 33.6 Å². The lowest BCUT2D eigenvalue weighted by molar-refractivity contribution is 0.0693. The maximum absolute atomic E-state index is 13.7. The average Bonchev–Trinajstić information content (AvgIpc) is 2.35. The number of benzene rings is 1. The molecule has 2 nitrogen and oxygen atoms in total. The van der Waals surface area contributed by atoms with Crippen molar-refractivity contribution in [2.45, 2.75) is 25.1 Å². The second kappa shape index (κ2) is 5.61. The Morgan fingerprint density at radius 3 is 2.94 bits per heavy atom. The van der Waals surface area contributed by atoms with Gasteiger partial charge in [0.15, 0.2) is 0 Å². The van der Waals surface area contributed by atoms with Crippen LogP contribution in [-0.2, 0) is 0 Å². The van der Waals surface area contributed by atoms with E-state index in [1.54, 1.807) is 17.0 Å². The maximum Gasteiger partial charge on any atom is 0.257 e. The number of carbonyl (C=O) groups excluding carboxylic acids is 1. The summed E-state index contributed by atoms with van der Waals surface area (Å²) in [6, 6.07) is 4.61. The standard InChI is InChI=1S/C13H15BrFNOS/c1-8-9(2)18-6-5-16(8)13(17)11-7-10(14)3-4-12(11)15/h3-4,7-9H,5-6H2,1-2H3. The van der Waals surface area contributed by atoms with E-state index in [4.69, 9.17) is 0 Å². The summed E-state index contributed by atoms with van der Waals surface area (Å²) < 4.78 is 14.4. The molecule has 1 saturated heterocycles. The highest BCUT2D eigenvalue weighted by Crippen LogP contribution is 2.26. The Morgan fingerprint density at radius 2 is 2.22 bits per heavy atom. The number of amides is 1. The minimum absolute atomic E-state index is 0.134. The summed E-state index contributed by atoms with van der Waals surface area (Å²) in [5.41, 5.74) is 0.148. The van der Waals surface area contributed by atoms with Gasteiger partial charge in [0.2, 0.25) is 0 Å². The smallest absolute Gasteiger partial charge is 0.257 e. The predicted molar refractivity (Wildman–Crippen MR) is 76.5 cm³/mol. The lowest BCUT2D eigenvalue weighted by atomic mass is 10.1. The molecule has 1 aromatic rings. The van der Waals surface area contributed by atoms with Crippen molar-refractivity contribution in [1.29, 1.82) is 0 Å². The van der Waals surface area contributed by atoms with Crippen LogP contribution in [0.15, 0.2) is 22.7 Å². The third-order valence-corrected chi connectivity index (χ3v) is 5.13. The van der Waals surface area contributed by atoms with Crippen LogP contribution in [0.1, 0.15) is 24.2 Å². The van der Waals surface area contributed by atoms with E-state index >= 15 is 0 Å². The monoisotopic (exact) mass is 331 g/mol. The SMILES string of the molecule is CC1SCCN(C(=O)c2cc(Br)ccc2F)C1C. The predicted octanol–water partition coefficient (Wildman–Crippen LogP) is 3.55. The van der Waals surface area contributed by atoms with Gasteiger partial charge in [-0.1, -0.05) is 22.9 Å². The fourth-order valence-corrected chi connectivity index (χ4v) is 3.50. The van der Waals surface area contributed by atoms with E-state index in [2.05, 4.69) is 22.9 Å². The molecule has 2 atom stereocenters. The molecule has 0 aromatic heterocycles. The molecule has 0 spiro atoms. The first kappa shape index (κ1) is 13.9. The maximum atomic E-state index is 13.7. The van der Waals surface area contributed by atoms with Crippen LogP contribution in [-0.4, -0.2) is 34.4 Å². The van der Waals surface area contributed by atoms with E-state index in [-0.39, 0.29) is 17.5 Å². The molecule has 0 aliphatic carbocycles. The van der Waals surface area contributed by atoms with Crippen LogP contribution < -0.4 is 0 Å². The van der Waals surface area contributed by atoms with Gasteiger partial charge in [-0.05, 0) is 25.1 Å². The van der Waals surface area contributed by atoms with Gasteiger partial charge in [0.05, 0.1) is 5.56 Å². The van der Waals surface area contributed by atoms with Crippen molar-refractivity contribution in [3.05, 3.63) is 34.1 Å². The summed E-state index contributed by atoms with van der Waals surface area (Å²) in [6.45, 7) is 4.80. The van der Waals surface area contributed by atoms with Crippen molar-refractivity contribution in [1.82, 2.24) is 4.90 Å². The van der Waals surface area contributed by atoms with Gasteiger partial charge in [-0.3, -0.25) is 4.79 Å². The molecule has 1 heterocycles. The molecule has 1 aliphatic rings. The topological polar surface area (TPSA) is 20.3 Å². The van der Waals surface area contributed by atoms with Gasteiger partial charge in [0.25, 0.3) is 5.91 Å². The summed E-state index contributed by atoms with van der Waals surface area (Å²) >= 11 is 5.13. The van der Waals surface area contributed by atoms with Crippen molar-refractivity contribution in [2.24, 2.45) is 0 Å². The van der Waals surface area contributed by atoms with Crippen molar-refractivity contribution in [3.8, 4) is 0 Å². The second-order valence-corrected chi connectivity index (χ2v) is 6.84. The Kier molecular flexibility index (Phi) is 4.33. The first-order chi connectivity index (χ1) is 8.50. The van der Waals surface area contributed by atoms with Crippen LogP contribution in [0.25, 0.3) is 0 Å². The quantitative estimate of drug-likeness (QED) is 0.784. The molecule has 2 unspecified atom stereocenters. The van der Waals surface area contributed by atoms with Crippen molar-refractivity contribution in [2.75, 3.05) is 12.3 Å². The number of rotatable bonds is 1. The summed E-state index contributed by atoms with van der Waals surface area (Å²) in [5, 5.41) is 0.387. The van der Waals surface area contributed by atoms with Crippen LogP contribution in [0.4, 0.5) is 4.39 Å². The van der Waals surface area contributed by atoms with Gasteiger partial charge in [-0.2, -0.15) is 11.8 Å². The molecule has 1 amide bonds. The largest absolute Gasteiger partial charge is 0.334 e. The zero-order chi connectivity index (χ0) is 13.3. The molecule has 2 rings (SSSR count). The van der Waals surface area contributed by atoms with Gasteiger partial charge in [-0.25, -0.2) is 4.39 Å². The van der Waals surface area contributed by atoms with Gasteiger partial charge in [0, 0.05) is 28.1 Å². The second-order valence-electron chi connectivity index (χ2n) is 4.44.